The maximum Gasteiger partial charge on any atom is 0.338 e. The summed E-state index contributed by atoms with van der Waals surface area (Å²) >= 11 is 0. The van der Waals surface area contributed by atoms with E-state index in [1.807, 2.05) is 12.1 Å². The monoisotopic (exact) mass is 275 g/mol. The Bertz CT molecular complexity index is 626. The average Bonchev–Trinajstić information content (AvgIpc) is 2.46. The van der Waals surface area contributed by atoms with Crippen molar-refractivity contribution in [1.29, 1.82) is 0 Å². The number of hydrogen-bond donors (Lipinski definition) is 1. The van der Waals surface area contributed by atoms with Crippen LogP contribution in [0.15, 0.2) is 42.5 Å². The molecule has 104 valence electrons. The number of carbonyl (C=O) groups is 1. The lowest BCUT2D eigenvalue weighted by atomic mass is 10.1. The number of anilines is 2. The maximum atomic E-state index is 13.7. The van der Waals surface area contributed by atoms with E-state index in [2.05, 4.69) is 0 Å². The molecular weight excluding hydrogens is 261 g/mol. The van der Waals surface area contributed by atoms with Gasteiger partial charge >= 0.3 is 5.97 Å². The zero-order valence-corrected chi connectivity index (χ0v) is 11.1. The number of aromatic carboxylic acids is 1. The standard InChI is InChI=1S/C15H14FNO3/c1-17(10-3-6-12(20-2)7-4-10)11-5-8-13(15(18)19)14(16)9-11/h3-9H,1-2H3,(H,18,19). The smallest absolute Gasteiger partial charge is 0.338 e. The number of methoxy groups -OCH3 is 1. The quantitative estimate of drug-likeness (QED) is 0.930. The average molecular weight is 275 g/mol. The third-order valence-corrected chi connectivity index (χ3v) is 3.03. The number of carboxylic acids is 1. The summed E-state index contributed by atoms with van der Waals surface area (Å²) in [6, 6.07) is 11.3. The van der Waals surface area contributed by atoms with E-state index in [-0.39, 0.29) is 5.56 Å². The van der Waals surface area contributed by atoms with Gasteiger partial charge in [0.2, 0.25) is 0 Å². The van der Waals surface area contributed by atoms with E-state index in [0.29, 0.717) is 5.69 Å². The highest BCUT2D eigenvalue weighted by Gasteiger charge is 2.12. The van der Waals surface area contributed by atoms with Gasteiger partial charge in [-0.15, -0.1) is 0 Å². The molecule has 0 saturated carbocycles. The summed E-state index contributed by atoms with van der Waals surface area (Å²) in [5.74, 6) is -1.30. The van der Waals surface area contributed by atoms with Crippen LogP contribution in [0.3, 0.4) is 0 Å². The van der Waals surface area contributed by atoms with E-state index in [0.717, 1.165) is 11.4 Å². The van der Waals surface area contributed by atoms with Gasteiger partial charge in [-0.2, -0.15) is 0 Å². The number of ether oxygens (including phenoxy) is 1. The number of benzene rings is 2. The van der Waals surface area contributed by atoms with Gasteiger partial charge in [-0.05, 0) is 42.5 Å². The number of rotatable bonds is 4. The largest absolute Gasteiger partial charge is 0.497 e. The van der Waals surface area contributed by atoms with Crippen LogP contribution >= 0.6 is 0 Å². The highest BCUT2D eigenvalue weighted by Crippen LogP contribution is 2.26. The summed E-state index contributed by atoms with van der Waals surface area (Å²) in [5.41, 5.74) is 1.07. The Morgan fingerprint density at radius 3 is 2.25 bits per heavy atom. The molecule has 5 heteroatoms. The van der Waals surface area contributed by atoms with Crippen LogP contribution in [-0.2, 0) is 0 Å². The molecule has 0 heterocycles. The first-order chi connectivity index (χ1) is 9.52. The molecule has 2 aromatic rings. The predicted molar refractivity (Wildman–Crippen MR) is 74.4 cm³/mol. The minimum atomic E-state index is -1.28. The normalized spacial score (nSPS) is 10.2. The van der Waals surface area contributed by atoms with Crippen molar-refractivity contribution in [3.05, 3.63) is 53.8 Å². The molecule has 0 aliphatic carbocycles. The van der Waals surface area contributed by atoms with Crippen LogP contribution in [0.1, 0.15) is 10.4 Å². The van der Waals surface area contributed by atoms with Crippen molar-refractivity contribution in [2.75, 3.05) is 19.1 Å². The van der Waals surface area contributed by atoms with E-state index in [1.165, 1.54) is 12.1 Å². The molecule has 0 amide bonds. The number of carboxylic acid groups (broad SMARTS) is 1. The Balaban J connectivity index is 2.30. The van der Waals surface area contributed by atoms with Crippen molar-refractivity contribution in [1.82, 2.24) is 0 Å². The van der Waals surface area contributed by atoms with Crippen molar-refractivity contribution < 1.29 is 19.0 Å². The Morgan fingerprint density at radius 2 is 1.75 bits per heavy atom. The van der Waals surface area contributed by atoms with E-state index in [9.17, 15) is 9.18 Å². The molecule has 0 radical (unpaired) electrons. The molecule has 4 nitrogen and oxygen atoms in total. The highest BCUT2D eigenvalue weighted by atomic mass is 19.1. The first kappa shape index (κ1) is 13.9. The summed E-state index contributed by atoms with van der Waals surface area (Å²) < 4.78 is 18.7. The zero-order valence-electron chi connectivity index (χ0n) is 11.1. The second kappa shape index (κ2) is 5.61. The number of halogens is 1. The van der Waals surface area contributed by atoms with Gasteiger partial charge in [0.05, 0.1) is 12.7 Å². The Kier molecular flexibility index (Phi) is 3.89. The highest BCUT2D eigenvalue weighted by molar-refractivity contribution is 5.88. The molecular formula is C15H14FNO3. The summed E-state index contributed by atoms with van der Waals surface area (Å²) in [7, 11) is 3.36. The lowest BCUT2D eigenvalue weighted by Gasteiger charge is -2.20. The Morgan fingerprint density at radius 1 is 1.15 bits per heavy atom. The van der Waals surface area contributed by atoms with Gasteiger partial charge < -0.3 is 14.7 Å². The lowest BCUT2D eigenvalue weighted by molar-refractivity contribution is 0.0692. The molecule has 0 saturated heterocycles. The topological polar surface area (TPSA) is 49.8 Å². The van der Waals surface area contributed by atoms with Crippen LogP contribution in [-0.4, -0.2) is 25.2 Å². The molecule has 0 aromatic heterocycles. The van der Waals surface area contributed by atoms with Crippen LogP contribution in [0.4, 0.5) is 15.8 Å². The molecule has 0 bridgehead atoms. The summed E-state index contributed by atoms with van der Waals surface area (Å²) in [5, 5.41) is 8.80. The summed E-state index contributed by atoms with van der Waals surface area (Å²) in [6.45, 7) is 0. The predicted octanol–water partition coefficient (Wildman–Crippen LogP) is 3.30. The van der Waals surface area contributed by atoms with Crippen LogP contribution in [0.25, 0.3) is 0 Å². The molecule has 0 fully saturated rings. The second-order valence-electron chi connectivity index (χ2n) is 4.23. The van der Waals surface area contributed by atoms with E-state index >= 15 is 0 Å². The minimum absolute atomic E-state index is 0.336. The molecule has 0 spiro atoms. The second-order valence-corrected chi connectivity index (χ2v) is 4.23. The molecule has 0 aliphatic heterocycles. The van der Waals surface area contributed by atoms with Gasteiger partial charge in [0.1, 0.15) is 11.6 Å². The Hall–Kier alpha value is -2.56. The molecule has 2 rings (SSSR count). The van der Waals surface area contributed by atoms with Crippen LogP contribution in [0, 0.1) is 5.82 Å². The summed E-state index contributed by atoms with van der Waals surface area (Å²) in [6.07, 6.45) is 0. The third kappa shape index (κ3) is 2.71. The molecule has 0 atom stereocenters. The lowest BCUT2D eigenvalue weighted by Crippen LogP contribution is -2.10. The number of nitrogens with zero attached hydrogens (tertiary/aromatic N) is 1. The summed E-state index contributed by atoms with van der Waals surface area (Å²) in [4.78, 5) is 12.5. The van der Waals surface area contributed by atoms with Crippen LogP contribution in [0.5, 0.6) is 5.75 Å². The zero-order chi connectivity index (χ0) is 14.7. The van der Waals surface area contributed by atoms with Crippen molar-refractivity contribution >= 4 is 17.3 Å². The Labute approximate surface area is 116 Å². The first-order valence-corrected chi connectivity index (χ1v) is 5.93. The maximum absolute atomic E-state index is 13.7. The van der Waals surface area contributed by atoms with Crippen LogP contribution < -0.4 is 9.64 Å². The first-order valence-electron chi connectivity index (χ1n) is 5.93. The van der Waals surface area contributed by atoms with Crippen molar-refractivity contribution in [3.8, 4) is 5.75 Å². The van der Waals surface area contributed by atoms with Gasteiger partial charge in [-0.25, -0.2) is 9.18 Å². The van der Waals surface area contributed by atoms with Crippen molar-refractivity contribution in [2.24, 2.45) is 0 Å². The number of hydrogen-bond acceptors (Lipinski definition) is 3. The minimum Gasteiger partial charge on any atom is -0.497 e. The molecule has 2 aromatic carbocycles. The fourth-order valence-electron chi connectivity index (χ4n) is 1.84. The molecule has 1 N–H and O–H groups in total. The third-order valence-electron chi connectivity index (χ3n) is 3.03. The van der Waals surface area contributed by atoms with Gasteiger partial charge in [-0.3, -0.25) is 0 Å². The fourth-order valence-corrected chi connectivity index (χ4v) is 1.84. The van der Waals surface area contributed by atoms with Gasteiger partial charge in [-0.1, -0.05) is 0 Å². The molecule has 20 heavy (non-hydrogen) atoms. The van der Waals surface area contributed by atoms with E-state index < -0.39 is 11.8 Å². The van der Waals surface area contributed by atoms with Crippen LogP contribution in [0.2, 0.25) is 0 Å². The molecule has 0 aliphatic rings. The van der Waals surface area contributed by atoms with Crippen molar-refractivity contribution in [3.63, 3.8) is 0 Å². The fraction of sp³-hybridized carbons (Fsp3) is 0.133. The van der Waals surface area contributed by atoms with Gasteiger partial charge in [0.25, 0.3) is 0 Å². The van der Waals surface area contributed by atoms with Gasteiger partial charge in [0, 0.05) is 18.4 Å². The SMILES string of the molecule is COc1ccc(N(C)c2ccc(C(=O)O)c(F)c2)cc1. The van der Waals surface area contributed by atoms with E-state index in [1.54, 1.807) is 37.3 Å². The van der Waals surface area contributed by atoms with E-state index in [4.69, 9.17) is 9.84 Å². The molecule has 0 unspecified atom stereocenters. The van der Waals surface area contributed by atoms with Crippen molar-refractivity contribution in [2.45, 2.75) is 0 Å². The van der Waals surface area contributed by atoms with Gasteiger partial charge in [0.15, 0.2) is 0 Å².